The number of carbonyl (C=O) groups excluding carboxylic acids is 3. The second-order valence-electron chi connectivity index (χ2n) is 13.9. The fourth-order valence-electron chi connectivity index (χ4n) is 7.19. The van der Waals surface area contributed by atoms with Crippen molar-refractivity contribution in [1.82, 2.24) is 25.1 Å². The van der Waals surface area contributed by atoms with Crippen LogP contribution >= 0.6 is 0 Å². The lowest BCUT2D eigenvalue weighted by Gasteiger charge is -2.32. The number of aryl methyl sites for hydroxylation is 1. The van der Waals surface area contributed by atoms with E-state index in [1.165, 1.54) is 0 Å². The van der Waals surface area contributed by atoms with Crippen LogP contribution < -0.4 is 19.5 Å². The van der Waals surface area contributed by atoms with Crippen molar-refractivity contribution < 1.29 is 33.3 Å². The van der Waals surface area contributed by atoms with Crippen molar-refractivity contribution in [1.29, 1.82) is 0 Å². The third-order valence-corrected chi connectivity index (χ3v) is 10.2. The van der Waals surface area contributed by atoms with Crippen LogP contribution in [-0.2, 0) is 20.9 Å². The molecule has 3 unspecified atom stereocenters. The fourth-order valence-corrected chi connectivity index (χ4v) is 7.19. The average molecular weight is 750 g/mol. The summed E-state index contributed by atoms with van der Waals surface area (Å²) in [6, 6.07) is 19.0. The van der Waals surface area contributed by atoms with Gasteiger partial charge >= 0.3 is 12.0 Å². The first-order valence-electron chi connectivity index (χ1n) is 19.2. The van der Waals surface area contributed by atoms with Gasteiger partial charge in [0.2, 0.25) is 11.8 Å². The van der Waals surface area contributed by atoms with Crippen molar-refractivity contribution in [3.8, 4) is 28.8 Å². The van der Waals surface area contributed by atoms with E-state index in [4.69, 9.17) is 28.9 Å². The number of nitrogens with one attached hydrogen (secondary N) is 1. The Labute approximate surface area is 322 Å². The number of rotatable bonds is 9. The number of hydrogen-bond acceptors (Lipinski definition) is 9. The summed E-state index contributed by atoms with van der Waals surface area (Å²) in [7, 11) is 3.24. The molecular formula is C43H51N5O7. The lowest BCUT2D eigenvalue weighted by Crippen LogP contribution is -2.53. The minimum absolute atomic E-state index is 0.129. The number of hydrogen-bond donors (Lipinski definition) is 1. The van der Waals surface area contributed by atoms with Crippen LogP contribution in [0.15, 0.2) is 78.9 Å². The molecule has 3 heterocycles. The summed E-state index contributed by atoms with van der Waals surface area (Å²) in [5.74, 6) is 1.30. The summed E-state index contributed by atoms with van der Waals surface area (Å²) in [6.07, 6.45) is 8.36. The van der Waals surface area contributed by atoms with Crippen LogP contribution in [0.25, 0.3) is 22.3 Å². The van der Waals surface area contributed by atoms with Crippen molar-refractivity contribution in [3.05, 3.63) is 90.0 Å². The number of esters is 1. The molecule has 1 aromatic heterocycles. The van der Waals surface area contributed by atoms with E-state index in [2.05, 4.69) is 17.5 Å². The molecule has 0 radical (unpaired) electrons. The minimum Gasteiger partial charge on any atom is -0.497 e. The maximum absolute atomic E-state index is 14.7. The highest BCUT2D eigenvalue weighted by Crippen LogP contribution is 2.35. The number of urea groups is 1. The molecule has 1 saturated heterocycles. The number of ether oxygens (including phenoxy) is 4. The maximum Gasteiger partial charge on any atom is 0.328 e. The number of amides is 3. The van der Waals surface area contributed by atoms with Crippen molar-refractivity contribution >= 4 is 28.8 Å². The lowest BCUT2D eigenvalue weighted by atomic mass is 10.1. The highest BCUT2D eigenvalue weighted by Gasteiger charge is 2.43. The van der Waals surface area contributed by atoms with Gasteiger partial charge in [-0.1, -0.05) is 61.0 Å². The molecule has 1 fully saturated rings. The molecule has 0 bridgehead atoms. The number of aromatic nitrogens is 2. The zero-order valence-corrected chi connectivity index (χ0v) is 32.2. The van der Waals surface area contributed by atoms with E-state index in [0.29, 0.717) is 54.3 Å². The first kappa shape index (κ1) is 39.1. The molecule has 3 atom stereocenters. The number of fused-ring (bicyclic) bond motifs is 2. The van der Waals surface area contributed by atoms with E-state index in [1.54, 1.807) is 30.9 Å². The Balaban J connectivity index is 1.36. The summed E-state index contributed by atoms with van der Waals surface area (Å²) < 4.78 is 23.1. The fraction of sp³-hybridized carbons (Fsp3) is 0.419. The van der Waals surface area contributed by atoms with Crippen molar-refractivity contribution in [2.45, 2.75) is 83.5 Å². The van der Waals surface area contributed by atoms with Gasteiger partial charge < -0.3 is 34.1 Å². The summed E-state index contributed by atoms with van der Waals surface area (Å²) in [6.45, 7) is 4.86. The van der Waals surface area contributed by atoms with Crippen LogP contribution in [0.3, 0.4) is 0 Å². The lowest BCUT2D eigenvalue weighted by molar-refractivity contribution is -0.148. The second kappa shape index (κ2) is 18.6. The van der Waals surface area contributed by atoms with Crippen molar-refractivity contribution in [2.75, 3.05) is 33.9 Å². The molecule has 4 aromatic rings. The molecule has 3 amide bonds. The summed E-state index contributed by atoms with van der Waals surface area (Å²) in [5, 5.41) is 3.63. The van der Waals surface area contributed by atoms with Gasteiger partial charge in [-0.05, 0) is 75.8 Å². The normalized spacial score (nSPS) is 19.8. The highest BCUT2D eigenvalue weighted by molar-refractivity contribution is 5.92. The molecule has 290 valence electrons. The second-order valence-corrected chi connectivity index (χ2v) is 13.9. The Morgan fingerprint density at radius 1 is 0.909 bits per heavy atom. The van der Waals surface area contributed by atoms with Gasteiger partial charge in [-0.2, -0.15) is 4.98 Å². The van der Waals surface area contributed by atoms with E-state index in [9.17, 15) is 14.4 Å². The molecule has 6 rings (SSSR count). The molecule has 2 aliphatic heterocycles. The van der Waals surface area contributed by atoms with Gasteiger partial charge in [0.25, 0.3) is 0 Å². The average Bonchev–Trinajstić information content (AvgIpc) is 3.63. The Morgan fingerprint density at radius 3 is 2.44 bits per heavy atom. The van der Waals surface area contributed by atoms with Crippen molar-refractivity contribution in [2.24, 2.45) is 0 Å². The monoisotopic (exact) mass is 749 g/mol. The van der Waals surface area contributed by atoms with Crippen LogP contribution in [-0.4, -0.2) is 89.8 Å². The van der Waals surface area contributed by atoms with Gasteiger partial charge in [0.15, 0.2) is 5.82 Å². The van der Waals surface area contributed by atoms with E-state index in [-0.39, 0.29) is 25.6 Å². The number of benzene rings is 3. The molecule has 0 saturated carbocycles. The standard InChI is InChI=1S/C43H51N5O7/c1-5-54-42(50)35-18-14-9-7-6-8-10-15-25-47(27-30-19-21-32(52-3)22-20-30)43(51)48-28-33(26-36(48)40(49)44-35)55-41-34-23-24-37(53-4)29(2)38(34)45-39(46-41)31-16-12-11-13-17-31/h7,9,11-13,16-17,19-24,33,35-36H,5-6,8,10,14-15,18,25-28H2,1-4H3,(H,44,49). The molecule has 1 N–H and O–H groups in total. The molecule has 0 spiro atoms. The molecule has 55 heavy (non-hydrogen) atoms. The topological polar surface area (TPSA) is 132 Å². The zero-order valence-electron chi connectivity index (χ0n) is 32.2. The summed E-state index contributed by atoms with van der Waals surface area (Å²) in [4.78, 5) is 55.3. The van der Waals surface area contributed by atoms with Crippen LogP contribution in [0, 0.1) is 6.92 Å². The van der Waals surface area contributed by atoms with Gasteiger partial charge in [-0.3, -0.25) is 4.79 Å². The molecular weight excluding hydrogens is 699 g/mol. The van der Waals surface area contributed by atoms with E-state index < -0.39 is 30.1 Å². The third-order valence-electron chi connectivity index (χ3n) is 10.2. The number of methoxy groups -OCH3 is 2. The highest BCUT2D eigenvalue weighted by atomic mass is 16.5. The summed E-state index contributed by atoms with van der Waals surface area (Å²) in [5.41, 5.74) is 3.27. The number of carbonyl (C=O) groups is 3. The Bertz CT molecular complexity index is 1970. The van der Waals surface area contributed by atoms with E-state index in [1.807, 2.05) is 73.7 Å². The van der Waals surface area contributed by atoms with Crippen molar-refractivity contribution in [3.63, 3.8) is 0 Å². The SMILES string of the molecule is CCOC(=O)C1CCC=CCCCCCN(Cc2ccc(OC)cc2)C(=O)N2CC(Oc3nc(-c4ccccc4)nc4c(C)c(OC)ccc34)CC2C(=O)N1. The quantitative estimate of drug-likeness (QED) is 0.142. The molecule has 12 heteroatoms. The molecule has 12 nitrogen and oxygen atoms in total. The molecule has 2 aliphatic rings. The van der Waals surface area contributed by atoms with E-state index >= 15 is 0 Å². The Hall–Kier alpha value is -5.65. The minimum atomic E-state index is -0.917. The Morgan fingerprint density at radius 2 is 1.69 bits per heavy atom. The van der Waals surface area contributed by atoms with Gasteiger partial charge in [0.1, 0.15) is 29.7 Å². The van der Waals surface area contributed by atoms with E-state index in [0.717, 1.165) is 48.1 Å². The van der Waals surface area contributed by atoms with Crippen LogP contribution in [0.1, 0.15) is 63.0 Å². The van der Waals surface area contributed by atoms with Gasteiger partial charge in [-0.25, -0.2) is 14.6 Å². The first-order valence-corrected chi connectivity index (χ1v) is 19.2. The van der Waals surface area contributed by atoms with Crippen LogP contribution in [0.2, 0.25) is 0 Å². The van der Waals surface area contributed by atoms with Gasteiger partial charge in [0, 0.05) is 30.6 Å². The zero-order chi connectivity index (χ0) is 38.7. The molecule has 0 aliphatic carbocycles. The van der Waals surface area contributed by atoms with Crippen LogP contribution in [0.4, 0.5) is 4.79 Å². The van der Waals surface area contributed by atoms with Gasteiger partial charge in [0.05, 0.1) is 38.3 Å². The van der Waals surface area contributed by atoms with Crippen LogP contribution in [0.5, 0.6) is 17.4 Å². The Kier molecular flexibility index (Phi) is 13.2. The largest absolute Gasteiger partial charge is 0.497 e. The van der Waals surface area contributed by atoms with Gasteiger partial charge in [-0.15, -0.1) is 0 Å². The predicted octanol–water partition coefficient (Wildman–Crippen LogP) is 7.02. The first-order chi connectivity index (χ1) is 26.8. The number of nitrogens with zero attached hydrogens (tertiary/aromatic N) is 4. The number of allylic oxidation sites excluding steroid dienone is 2. The third kappa shape index (κ3) is 9.54. The molecule has 3 aromatic carbocycles. The smallest absolute Gasteiger partial charge is 0.328 e. The maximum atomic E-state index is 14.7. The summed E-state index contributed by atoms with van der Waals surface area (Å²) >= 11 is 0. The predicted molar refractivity (Wildman–Crippen MR) is 210 cm³/mol.